The highest BCUT2D eigenvalue weighted by Crippen LogP contribution is 2.49. The zero-order chi connectivity index (χ0) is 18.5. The van der Waals surface area contributed by atoms with Crippen molar-refractivity contribution in [1.82, 2.24) is 0 Å². The van der Waals surface area contributed by atoms with Crippen LogP contribution in [0.2, 0.25) is 0 Å². The molecule has 0 N–H and O–H groups in total. The lowest BCUT2D eigenvalue weighted by molar-refractivity contribution is 0.627. The summed E-state index contributed by atoms with van der Waals surface area (Å²) in [6, 6.07) is 22.4. The van der Waals surface area contributed by atoms with Gasteiger partial charge in [-0.15, -0.1) is 0 Å². The average molecular weight is 345 g/mol. The first kappa shape index (κ1) is 16.8. The van der Waals surface area contributed by atoms with Crippen molar-refractivity contribution in [3.05, 3.63) is 83.7 Å². The standard InChI is InChI=1S/C24H24FN/c1-16(2)26(18-11-9-17(25)10-12-18)19-13-14-21-20-7-5-6-8-22(20)24(3,4)23(21)15-19/h5-16H,1-4H3. The second-order valence-electron chi connectivity index (χ2n) is 7.84. The van der Waals surface area contributed by atoms with Crippen molar-refractivity contribution < 1.29 is 4.39 Å². The average Bonchev–Trinajstić information content (AvgIpc) is 2.85. The number of hydrogen-bond donors (Lipinski definition) is 0. The summed E-state index contributed by atoms with van der Waals surface area (Å²) in [6.45, 7) is 8.91. The Labute approximate surface area is 155 Å². The Morgan fingerprint density at radius 3 is 2.08 bits per heavy atom. The molecule has 0 atom stereocenters. The smallest absolute Gasteiger partial charge is 0.123 e. The molecule has 0 unspecified atom stereocenters. The summed E-state index contributed by atoms with van der Waals surface area (Å²) >= 11 is 0. The van der Waals surface area contributed by atoms with Crippen LogP contribution < -0.4 is 4.90 Å². The molecule has 1 nitrogen and oxygen atoms in total. The first-order chi connectivity index (χ1) is 12.4. The predicted molar refractivity (Wildman–Crippen MR) is 108 cm³/mol. The van der Waals surface area contributed by atoms with Gasteiger partial charge >= 0.3 is 0 Å². The van der Waals surface area contributed by atoms with Gasteiger partial charge in [-0.2, -0.15) is 0 Å². The van der Waals surface area contributed by atoms with Gasteiger partial charge in [-0.3, -0.25) is 0 Å². The Morgan fingerprint density at radius 1 is 0.769 bits per heavy atom. The van der Waals surface area contributed by atoms with Crippen LogP contribution in [0.1, 0.15) is 38.8 Å². The maximum atomic E-state index is 13.4. The van der Waals surface area contributed by atoms with Gasteiger partial charge in [0.25, 0.3) is 0 Å². The molecule has 4 rings (SSSR count). The summed E-state index contributed by atoms with van der Waals surface area (Å²) in [6.07, 6.45) is 0. The molecule has 0 amide bonds. The quantitative estimate of drug-likeness (QED) is 0.512. The third kappa shape index (κ3) is 2.52. The van der Waals surface area contributed by atoms with Crippen molar-refractivity contribution >= 4 is 11.4 Å². The molecule has 1 aliphatic rings. The van der Waals surface area contributed by atoms with Gasteiger partial charge in [0.05, 0.1) is 0 Å². The zero-order valence-electron chi connectivity index (χ0n) is 15.8. The molecular weight excluding hydrogens is 321 g/mol. The minimum atomic E-state index is -0.206. The molecule has 0 saturated heterocycles. The molecule has 0 fully saturated rings. The Hall–Kier alpha value is -2.61. The summed E-state index contributed by atoms with van der Waals surface area (Å²) in [7, 11) is 0. The van der Waals surface area contributed by atoms with Gasteiger partial charge in [-0.1, -0.05) is 44.2 Å². The molecule has 0 bridgehead atoms. The molecule has 0 radical (unpaired) electrons. The van der Waals surface area contributed by atoms with Crippen LogP contribution >= 0.6 is 0 Å². The van der Waals surface area contributed by atoms with Crippen molar-refractivity contribution in [2.75, 3.05) is 4.90 Å². The molecule has 3 aromatic rings. The van der Waals surface area contributed by atoms with Crippen LogP contribution in [0.4, 0.5) is 15.8 Å². The van der Waals surface area contributed by atoms with Crippen molar-refractivity contribution in [2.45, 2.75) is 39.2 Å². The largest absolute Gasteiger partial charge is 0.339 e. The van der Waals surface area contributed by atoms with Crippen LogP contribution in [-0.2, 0) is 5.41 Å². The van der Waals surface area contributed by atoms with Gasteiger partial charge in [0.2, 0.25) is 0 Å². The molecule has 3 aromatic carbocycles. The lowest BCUT2D eigenvalue weighted by Crippen LogP contribution is -2.26. The molecule has 0 saturated carbocycles. The zero-order valence-corrected chi connectivity index (χ0v) is 15.8. The highest BCUT2D eigenvalue weighted by atomic mass is 19.1. The maximum absolute atomic E-state index is 13.4. The van der Waals surface area contributed by atoms with E-state index in [4.69, 9.17) is 0 Å². The number of hydrogen-bond acceptors (Lipinski definition) is 1. The molecular formula is C24H24FN. The Morgan fingerprint density at radius 2 is 1.38 bits per heavy atom. The Balaban J connectivity index is 1.85. The summed E-state index contributed by atoms with van der Waals surface area (Å²) in [5.41, 5.74) is 7.51. The van der Waals surface area contributed by atoms with Crippen molar-refractivity contribution in [3.63, 3.8) is 0 Å². The summed E-state index contributed by atoms with van der Waals surface area (Å²) in [5, 5.41) is 0. The highest BCUT2D eigenvalue weighted by Gasteiger charge is 2.35. The Bertz CT molecular complexity index is 954. The molecule has 0 aliphatic heterocycles. The van der Waals surface area contributed by atoms with E-state index in [1.807, 2.05) is 12.1 Å². The molecule has 132 valence electrons. The Kier molecular flexibility index (Phi) is 3.87. The number of fused-ring (bicyclic) bond motifs is 3. The van der Waals surface area contributed by atoms with Crippen molar-refractivity contribution in [2.24, 2.45) is 0 Å². The lowest BCUT2D eigenvalue weighted by Gasteiger charge is -2.31. The van der Waals surface area contributed by atoms with Gasteiger partial charge < -0.3 is 4.90 Å². The highest BCUT2D eigenvalue weighted by molar-refractivity contribution is 5.83. The third-order valence-corrected chi connectivity index (χ3v) is 5.47. The number of anilines is 2. The van der Waals surface area contributed by atoms with Crippen LogP contribution in [0.5, 0.6) is 0 Å². The fraction of sp³-hybridized carbons (Fsp3) is 0.250. The molecule has 2 heteroatoms. The van der Waals surface area contributed by atoms with Gasteiger partial charge in [0, 0.05) is 22.8 Å². The lowest BCUT2D eigenvalue weighted by atomic mass is 9.82. The topological polar surface area (TPSA) is 3.24 Å². The van der Waals surface area contributed by atoms with E-state index in [0.717, 1.165) is 11.4 Å². The summed E-state index contributed by atoms with van der Waals surface area (Å²) in [5.74, 6) is -0.206. The first-order valence-corrected chi connectivity index (χ1v) is 9.19. The fourth-order valence-electron chi connectivity index (χ4n) is 4.19. The molecule has 0 spiro atoms. The maximum Gasteiger partial charge on any atom is 0.123 e. The molecule has 0 aromatic heterocycles. The molecule has 0 heterocycles. The van der Waals surface area contributed by atoms with Crippen molar-refractivity contribution in [1.29, 1.82) is 0 Å². The van der Waals surface area contributed by atoms with Gasteiger partial charge in [0.15, 0.2) is 0 Å². The van der Waals surface area contributed by atoms with Crippen LogP contribution in [0.15, 0.2) is 66.7 Å². The van der Waals surface area contributed by atoms with E-state index >= 15 is 0 Å². The van der Waals surface area contributed by atoms with Crippen molar-refractivity contribution in [3.8, 4) is 11.1 Å². The van der Waals surface area contributed by atoms with Gasteiger partial charge in [-0.25, -0.2) is 4.39 Å². The number of benzene rings is 3. The summed E-state index contributed by atoms with van der Waals surface area (Å²) in [4.78, 5) is 2.26. The van der Waals surface area contributed by atoms with E-state index in [-0.39, 0.29) is 17.3 Å². The van der Waals surface area contributed by atoms with E-state index in [0.29, 0.717) is 0 Å². The van der Waals surface area contributed by atoms with E-state index in [9.17, 15) is 4.39 Å². The van der Waals surface area contributed by atoms with Gasteiger partial charge in [0.1, 0.15) is 5.82 Å². The van der Waals surface area contributed by atoms with Crippen LogP contribution in [-0.4, -0.2) is 6.04 Å². The van der Waals surface area contributed by atoms with Crippen LogP contribution in [0.3, 0.4) is 0 Å². The van der Waals surface area contributed by atoms with E-state index in [1.165, 1.54) is 34.4 Å². The SMILES string of the molecule is CC(C)N(c1ccc(F)cc1)c1ccc2c(c1)C(C)(C)c1ccccc1-2. The fourth-order valence-corrected chi connectivity index (χ4v) is 4.19. The molecule has 1 aliphatic carbocycles. The van der Waals surface area contributed by atoms with E-state index in [1.54, 1.807) is 0 Å². The minimum absolute atomic E-state index is 0.0205. The summed E-state index contributed by atoms with van der Waals surface area (Å²) < 4.78 is 13.4. The second-order valence-corrected chi connectivity index (χ2v) is 7.84. The molecule has 26 heavy (non-hydrogen) atoms. The number of nitrogens with zero attached hydrogens (tertiary/aromatic N) is 1. The van der Waals surface area contributed by atoms with E-state index < -0.39 is 0 Å². The van der Waals surface area contributed by atoms with E-state index in [2.05, 4.69) is 75.1 Å². The van der Waals surface area contributed by atoms with Crippen LogP contribution in [0.25, 0.3) is 11.1 Å². The third-order valence-electron chi connectivity index (χ3n) is 5.47. The number of halogens is 1. The minimum Gasteiger partial charge on any atom is -0.339 e. The van der Waals surface area contributed by atoms with Crippen LogP contribution in [0, 0.1) is 5.82 Å². The van der Waals surface area contributed by atoms with Gasteiger partial charge in [-0.05, 0) is 72.5 Å². The second kappa shape index (κ2) is 5.98. The first-order valence-electron chi connectivity index (χ1n) is 9.19. The number of rotatable bonds is 3. The monoisotopic (exact) mass is 345 g/mol. The normalized spacial score (nSPS) is 14.2. The predicted octanol–water partition coefficient (Wildman–Crippen LogP) is 6.68.